The van der Waals surface area contributed by atoms with E-state index >= 15 is 0 Å². The smallest absolute Gasteiger partial charge is 0.295 e. The molecule has 0 radical (unpaired) electrons. The summed E-state index contributed by atoms with van der Waals surface area (Å²) in [7, 11) is 4.27. The highest BCUT2D eigenvalue weighted by Crippen LogP contribution is 2.36. The van der Waals surface area contributed by atoms with E-state index in [4.69, 9.17) is 10.2 Å². The maximum atomic E-state index is 5.74. The van der Waals surface area contributed by atoms with Crippen LogP contribution in [0.4, 0.5) is 11.7 Å². The van der Waals surface area contributed by atoms with E-state index in [9.17, 15) is 0 Å². The van der Waals surface area contributed by atoms with Crippen molar-refractivity contribution in [3.05, 3.63) is 18.2 Å². The molecule has 19 heavy (non-hydrogen) atoms. The molecule has 3 rings (SSSR count). The first kappa shape index (κ1) is 12.3. The molecule has 1 aliphatic carbocycles. The van der Waals surface area contributed by atoms with Gasteiger partial charge in [-0.05, 0) is 51.6 Å². The standard InChI is InChI=1S/C14H20N4O/c1-18(2)14(6-3-7-14)9-16-13-17-11-8-10(15)4-5-12(11)19-13/h4-5,8H,3,6-7,9,15H2,1-2H3,(H,16,17). The molecule has 0 unspecified atom stereocenters. The van der Waals surface area contributed by atoms with Crippen molar-refractivity contribution < 1.29 is 4.42 Å². The number of nitrogen functional groups attached to an aromatic ring is 1. The lowest BCUT2D eigenvalue weighted by Gasteiger charge is -2.47. The third kappa shape index (κ3) is 2.14. The maximum Gasteiger partial charge on any atom is 0.295 e. The number of anilines is 2. The first-order chi connectivity index (χ1) is 9.09. The van der Waals surface area contributed by atoms with Crippen LogP contribution in [0.5, 0.6) is 0 Å². The van der Waals surface area contributed by atoms with Gasteiger partial charge in [0.15, 0.2) is 5.58 Å². The molecule has 0 aliphatic heterocycles. The van der Waals surface area contributed by atoms with Crippen LogP contribution < -0.4 is 11.1 Å². The fraction of sp³-hybridized carbons (Fsp3) is 0.500. The lowest BCUT2D eigenvalue weighted by molar-refractivity contribution is 0.0734. The number of benzene rings is 1. The third-order valence-corrected chi connectivity index (χ3v) is 4.21. The van der Waals surface area contributed by atoms with Gasteiger partial charge < -0.3 is 20.4 Å². The van der Waals surface area contributed by atoms with Crippen molar-refractivity contribution in [1.82, 2.24) is 9.88 Å². The molecular weight excluding hydrogens is 240 g/mol. The van der Waals surface area contributed by atoms with Gasteiger partial charge >= 0.3 is 0 Å². The number of fused-ring (bicyclic) bond motifs is 1. The molecule has 0 bridgehead atoms. The monoisotopic (exact) mass is 260 g/mol. The van der Waals surface area contributed by atoms with Crippen molar-refractivity contribution >= 4 is 22.8 Å². The summed E-state index contributed by atoms with van der Waals surface area (Å²) < 4.78 is 5.67. The fourth-order valence-electron chi connectivity index (χ4n) is 2.63. The van der Waals surface area contributed by atoms with E-state index in [1.165, 1.54) is 19.3 Å². The molecule has 102 valence electrons. The van der Waals surface area contributed by atoms with Gasteiger partial charge in [0, 0.05) is 17.8 Å². The van der Waals surface area contributed by atoms with Crippen LogP contribution >= 0.6 is 0 Å². The van der Waals surface area contributed by atoms with E-state index in [1.54, 1.807) is 0 Å². The summed E-state index contributed by atoms with van der Waals surface area (Å²) in [5.74, 6) is 0. The molecule has 1 saturated carbocycles. The molecule has 1 heterocycles. The number of aromatic nitrogens is 1. The van der Waals surface area contributed by atoms with Gasteiger partial charge in [0.25, 0.3) is 6.01 Å². The van der Waals surface area contributed by atoms with E-state index in [1.807, 2.05) is 18.2 Å². The molecule has 0 amide bonds. The van der Waals surface area contributed by atoms with E-state index in [2.05, 4.69) is 29.3 Å². The summed E-state index contributed by atoms with van der Waals surface area (Å²) in [6, 6.07) is 6.08. The Morgan fingerprint density at radius 2 is 2.21 bits per heavy atom. The van der Waals surface area contributed by atoms with Gasteiger partial charge in [0.1, 0.15) is 5.52 Å². The lowest BCUT2D eigenvalue weighted by Crippen LogP contribution is -2.54. The predicted molar refractivity (Wildman–Crippen MR) is 77.2 cm³/mol. The van der Waals surface area contributed by atoms with Gasteiger partial charge in [-0.15, -0.1) is 0 Å². The maximum absolute atomic E-state index is 5.74. The highest BCUT2D eigenvalue weighted by Gasteiger charge is 2.39. The summed E-state index contributed by atoms with van der Waals surface area (Å²) in [6.07, 6.45) is 3.74. The summed E-state index contributed by atoms with van der Waals surface area (Å²) >= 11 is 0. The zero-order chi connectivity index (χ0) is 13.5. The summed E-state index contributed by atoms with van der Waals surface area (Å²) in [5.41, 5.74) is 8.26. The zero-order valence-electron chi connectivity index (χ0n) is 11.4. The number of oxazole rings is 1. The molecule has 0 spiro atoms. The quantitative estimate of drug-likeness (QED) is 0.826. The number of rotatable bonds is 4. The molecule has 1 aromatic heterocycles. The van der Waals surface area contributed by atoms with Crippen molar-refractivity contribution in [2.24, 2.45) is 0 Å². The molecule has 5 nitrogen and oxygen atoms in total. The minimum absolute atomic E-state index is 0.250. The van der Waals surface area contributed by atoms with Gasteiger partial charge in [-0.1, -0.05) is 0 Å². The molecule has 5 heteroatoms. The minimum Gasteiger partial charge on any atom is -0.424 e. The first-order valence-corrected chi connectivity index (χ1v) is 6.66. The molecule has 0 atom stereocenters. The Balaban J connectivity index is 1.75. The Kier molecular flexibility index (Phi) is 2.86. The SMILES string of the molecule is CN(C)C1(CNc2nc3cc(N)ccc3o2)CCC1. The second-order valence-corrected chi connectivity index (χ2v) is 5.57. The highest BCUT2D eigenvalue weighted by molar-refractivity contribution is 5.78. The number of hydrogen-bond donors (Lipinski definition) is 2. The molecule has 2 aromatic rings. The van der Waals surface area contributed by atoms with Crippen molar-refractivity contribution in [2.45, 2.75) is 24.8 Å². The van der Waals surface area contributed by atoms with Gasteiger partial charge in [-0.25, -0.2) is 0 Å². The number of nitrogens with two attached hydrogens (primary N) is 1. The van der Waals surface area contributed by atoms with Crippen LogP contribution in [0.15, 0.2) is 22.6 Å². The third-order valence-electron chi connectivity index (χ3n) is 4.21. The number of likely N-dealkylation sites (N-methyl/N-ethyl adjacent to an activating group) is 1. The zero-order valence-corrected chi connectivity index (χ0v) is 11.4. The predicted octanol–water partition coefficient (Wildman–Crippen LogP) is 2.31. The average molecular weight is 260 g/mol. The van der Waals surface area contributed by atoms with E-state index in [0.717, 1.165) is 17.6 Å². The molecule has 1 aliphatic rings. The Labute approximate surface area is 112 Å². The van der Waals surface area contributed by atoms with Gasteiger partial charge in [-0.3, -0.25) is 0 Å². The number of nitrogens with one attached hydrogen (secondary N) is 1. The minimum atomic E-state index is 0.250. The molecule has 0 saturated heterocycles. The average Bonchev–Trinajstić information content (AvgIpc) is 2.68. The summed E-state index contributed by atoms with van der Waals surface area (Å²) in [6.45, 7) is 0.863. The van der Waals surface area contributed by atoms with Crippen LogP contribution in [-0.2, 0) is 0 Å². The van der Waals surface area contributed by atoms with Crippen molar-refractivity contribution in [3.8, 4) is 0 Å². The highest BCUT2D eigenvalue weighted by atomic mass is 16.4. The van der Waals surface area contributed by atoms with Crippen LogP contribution in [-0.4, -0.2) is 36.1 Å². The van der Waals surface area contributed by atoms with Crippen LogP contribution in [0, 0.1) is 0 Å². The van der Waals surface area contributed by atoms with Crippen molar-refractivity contribution in [3.63, 3.8) is 0 Å². The van der Waals surface area contributed by atoms with Gasteiger partial charge in [0.2, 0.25) is 0 Å². The van der Waals surface area contributed by atoms with E-state index in [0.29, 0.717) is 11.7 Å². The Morgan fingerprint density at radius 1 is 1.42 bits per heavy atom. The lowest BCUT2D eigenvalue weighted by atomic mass is 9.75. The molecular formula is C14H20N4O. The number of nitrogens with zero attached hydrogens (tertiary/aromatic N) is 2. The normalized spacial score (nSPS) is 17.6. The largest absolute Gasteiger partial charge is 0.424 e. The van der Waals surface area contributed by atoms with Crippen LogP contribution in [0.1, 0.15) is 19.3 Å². The first-order valence-electron chi connectivity index (χ1n) is 6.66. The van der Waals surface area contributed by atoms with E-state index in [-0.39, 0.29) is 5.54 Å². The summed E-state index contributed by atoms with van der Waals surface area (Å²) in [5, 5.41) is 3.32. The molecule has 3 N–H and O–H groups in total. The Bertz CT molecular complexity index is 586. The Morgan fingerprint density at radius 3 is 2.84 bits per heavy atom. The fourth-order valence-corrected chi connectivity index (χ4v) is 2.63. The molecule has 1 aromatic carbocycles. The topological polar surface area (TPSA) is 67.3 Å². The van der Waals surface area contributed by atoms with Gasteiger partial charge in [-0.2, -0.15) is 4.98 Å². The van der Waals surface area contributed by atoms with Gasteiger partial charge in [0.05, 0.1) is 0 Å². The summed E-state index contributed by atoms with van der Waals surface area (Å²) in [4.78, 5) is 6.71. The Hall–Kier alpha value is -1.75. The van der Waals surface area contributed by atoms with Crippen molar-refractivity contribution in [2.75, 3.05) is 31.7 Å². The van der Waals surface area contributed by atoms with Crippen LogP contribution in [0.3, 0.4) is 0 Å². The number of hydrogen-bond acceptors (Lipinski definition) is 5. The van der Waals surface area contributed by atoms with Crippen molar-refractivity contribution in [1.29, 1.82) is 0 Å². The second-order valence-electron chi connectivity index (χ2n) is 5.57. The van der Waals surface area contributed by atoms with Crippen LogP contribution in [0.2, 0.25) is 0 Å². The van der Waals surface area contributed by atoms with E-state index < -0.39 is 0 Å². The molecule has 1 fully saturated rings. The second kappa shape index (κ2) is 4.42. The van der Waals surface area contributed by atoms with Crippen LogP contribution in [0.25, 0.3) is 11.1 Å².